The van der Waals surface area contributed by atoms with E-state index in [1.54, 1.807) is 6.07 Å². The Bertz CT molecular complexity index is 828. The largest absolute Gasteiger partial charge is 0.331 e. The van der Waals surface area contributed by atoms with E-state index in [0.29, 0.717) is 6.07 Å². The number of aromatic nitrogens is 2. The minimum Gasteiger partial charge on any atom is -0.331 e. The zero-order valence-corrected chi connectivity index (χ0v) is 11.6. The van der Waals surface area contributed by atoms with Crippen molar-refractivity contribution in [1.82, 2.24) is 15.5 Å². The molecule has 0 saturated carbocycles. The van der Waals surface area contributed by atoms with E-state index in [1.165, 1.54) is 6.92 Å². The van der Waals surface area contributed by atoms with Gasteiger partial charge in [-0.25, -0.2) is 8.78 Å². The van der Waals surface area contributed by atoms with Gasteiger partial charge in [0.25, 0.3) is 5.91 Å². The number of carbonyl (C=O) groups is 1. The molecule has 0 radical (unpaired) electrons. The Morgan fingerprint density at radius 2 is 2.22 bits per heavy atom. The summed E-state index contributed by atoms with van der Waals surface area (Å²) < 4.78 is 26.6. The SMILES string of the molecule is Cc1[nH]nc(C(=O)NC(C#N)c2ccc(F)cc2F)c1[N+](=O)[O-]. The lowest BCUT2D eigenvalue weighted by Crippen LogP contribution is -2.29. The van der Waals surface area contributed by atoms with Crippen molar-refractivity contribution >= 4 is 11.6 Å². The van der Waals surface area contributed by atoms with Crippen LogP contribution in [0.15, 0.2) is 18.2 Å². The van der Waals surface area contributed by atoms with Gasteiger partial charge in [-0.05, 0) is 13.0 Å². The molecule has 1 amide bonds. The minimum absolute atomic E-state index is 0.0571. The first-order valence-electron chi connectivity index (χ1n) is 6.20. The van der Waals surface area contributed by atoms with Crippen molar-refractivity contribution in [3.8, 4) is 6.07 Å². The van der Waals surface area contributed by atoms with E-state index in [4.69, 9.17) is 5.26 Å². The molecule has 1 atom stereocenters. The number of amides is 1. The number of hydrogen-bond acceptors (Lipinski definition) is 5. The topological polar surface area (TPSA) is 125 Å². The molecule has 0 aliphatic heterocycles. The normalized spacial score (nSPS) is 11.6. The molecular formula is C13H9F2N5O3. The van der Waals surface area contributed by atoms with Gasteiger partial charge in [-0.15, -0.1) is 0 Å². The predicted octanol–water partition coefficient (Wildman–Crippen LogP) is 1.90. The van der Waals surface area contributed by atoms with Gasteiger partial charge in [0.05, 0.1) is 11.0 Å². The molecular weight excluding hydrogens is 312 g/mol. The summed E-state index contributed by atoms with van der Waals surface area (Å²) in [4.78, 5) is 22.2. The van der Waals surface area contributed by atoms with Gasteiger partial charge in [0.15, 0.2) is 0 Å². The minimum atomic E-state index is -1.46. The van der Waals surface area contributed by atoms with E-state index in [9.17, 15) is 23.7 Å². The lowest BCUT2D eigenvalue weighted by molar-refractivity contribution is -0.385. The van der Waals surface area contributed by atoms with Gasteiger partial charge < -0.3 is 5.32 Å². The van der Waals surface area contributed by atoms with E-state index in [2.05, 4.69) is 15.5 Å². The van der Waals surface area contributed by atoms with Gasteiger partial charge in [-0.3, -0.25) is 20.0 Å². The summed E-state index contributed by atoms with van der Waals surface area (Å²) in [6.07, 6.45) is 0. The molecule has 0 saturated heterocycles. The molecule has 0 spiro atoms. The summed E-state index contributed by atoms with van der Waals surface area (Å²) in [5, 5.41) is 27.9. The number of nitriles is 1. The summed E-state index contributed by atoms with van der Waals surface area (Å²) in [6, 6.07) is 2.67. The van der Waals surface area contributed by atoms with E-state index < -0.39 is 39.9 Å². The summed E-state index contributed by atoms with van der Waals surface area (Å²) in [6.45, 7) is 1.35. The first-order valence-corrected chi connectivity index (χ1v) is 6.20. The van der Waals surface area contributed by atoms with Crippen molar-refractivity contribution in [2.24, 2.45) is 0 Å². The van der Waals surface area contributed by atoms with Crippen LogP contribution in [0, 0.1) is 40.0 Å². The average molecular weight is 321 g/mol. The molecule has 0 aliphatic rings. The quantitative estimate of drug-likeness (QED) is 0.657. The molecule has 118 valence electrons. The van der Waals surface area contributed by atoms with Crippen molar-refractivity contribution in [2.45, 2.75) is 13.0 Å². The summed E-state index contributed by atoms with van der Waals surface area (Å²) in [7, 11) is 0. The highest BCUT2D eigenvalue weighted by molar-refractivity contribution is 5.96. The second-order valence-electron chi connectivity index (χ2n) is 4.50. The van der Waals surface area contributed by atoms with Crippen LogP contribution in [0.5, 0.6) is 0 Å². The Morgan fingerprint density at radius 3 is 2.78 bits per heavy atom. The van der Waals surface area contributed by atoms with Crippen molar-refractivity contribution in [2.75, 3.05) is 0 Å². The van der Waals surface area contributed by atoms with Crippen LogP contribution in [0.25, 0.3) is 0 Å². The van der Waals surface area contributed by atoms with E-state index in [1.807, 2.05) is 0 Å². The number of halogens is 2. The smallest absolute Gasteiger partial charge is 0.322 e. The standard InChI is InChI=1S/C13H9F2N5O3/c1-6-12(20(22)23)11(19-18-6)13(21)17-10(5-16)8-3-2-7(14)4-9(8)15/h2-4,10H,1H3,(H,17,21)(H,18,19). The number of nitro groups is 1. The van der Waals surface area contributed by atoms with Crippen LogP contribution in [0.1, 0.15) is 27.8 Å². The molecule has 2 aromatic rings. The maximum Gasteiger partial charge on any atom is 0.322 e. The lowest BCUT2D eigenvalue weighted by Gasteiger charge is -2.11. The van der Waals surface area contributed by atoms with Gasteiger partial charge in [0, 0.05) is 11.6 Å². The van der Waals surface area contributed by atoms with Crippen molar-refractivity contribution in [3.63, 3.8) is 0 Å². The van der Waals surface area contributed by atoms with Crippen LogP contribution in [0.2, 0.25) is 0 Å². The fourth-order valence-electron chi connectivity index (χ4n) is 1.92. The number of nitrogens with one attached hydrogen (secondary N) is 2. The van der Waals surface area contributed by atoms with Crippen LogP contribution < -0.4 is 5.32 Å². The molecule has 1 aromatic carbocycles. The van der Waals surface area contributed by atoms with Gasteiger partial charge in [-0.1, -0.05) is 6.07 Å². The summed E-state index contributed by atoms with van der Waals surface area (Å²) >= 11 is 0. The maximum atomic E-state index is 13.7. The lowest BCUT2D eigenvalue weighted by atomic mass is 10.1. The van der Waals surface area contributed by atoms with Crippen LogP contribution in [-0.2, 0) is 0 Å². The summed E-state index contributed by atoms with van der Waals surface area (Å²) in [5.74, 6) is -2.89. The van der Waals surface area contributed by atoms with Gasteiger partial charge in [0.2, 0.25) is 5.69 Å². The first kappa shape index (κ1) is 16.0. The number of nitrogens with zero attached hydrogens (tertiary/aromatic N) is 3. The highest BCUT2D eigenvalue weighted by Crippen LogP contribution is 2.22. The Labute approximate surface area is 127 Å². The van der Waals surface area contributed by atoms with E-state index in [0.717, 1.165) is 12.1 Å². The summed E-state index contributed by atoms with van der Waals surface area (Å²) in [5.41, 5.74) is -1.28. The number of rotatable bonds is 4. The van der Waals surface area contributed by atoms with E-state index >= 15 is 0 Å². The highest BCUT2D eigenvalue weighted by Gasteiger charge is 2.29. The Morgan fingerprint density at radius 1 is 1.52 bits per heavy atom. The van der Waals surface area contributed by atoms with Crippen molar-refractivity contribution in [3.05, 3.63) is 56.9 Å². The fraction of sp³-hybridized carbons (Fsp3) is 0.154. The second kappa shape index (κ2) is 6.18. The third-order valence-corrected chi connectivity index (χ3v) is 2.99. The third kappa shape index (κ3) is 3.13. The van der Waals surface area contributed by atoms with Crippen molar-refractivity contribution < 1.29 is 18.5 Å². The molecule has 0 aliphatic carbocycles. The zero-order valence-electron chi connectivity index (χ0n) is 11.6. The molecule has 23 heavy (non-hydrogen) atoms. The molecule has 0 bridgehead atoms. The van der Waals surface area contributed by atoms with Crippen molar-refractivity contribution in [1.29, 1.82) is 5.26 Å². The number of aryl methyl sites for hydroxylation is 1. The molecule has 1 aromatic heterocycles. The maximum absolute atomic E-state index is 13.7. The molecule has 0 fully saturated rings. The molecule has 2 N–H and O–H groups in total. The molecule has 10 heteroatoms. The van der Waals surface area contributed by atoms with Crippen LogP contribution >= 0.6 is 0 Å². The molecule has 8 nitrogen and oxygen atoms in total. The average Bonchev–Trinajstić information content (AvgIpc) is 2.87. The van der Waals surface area contributed by atoms with Gasteiger partial charge >= 0.3 is 5.69 Å². The van der Waals surface area contributed by atoms with Crippen LogP contribution in [0.3, 0.4) is 0 Å². The second-order valence-corrected chi connectivity index (χ2v) is 4.50. The number of benzene rings is 1. The monoisotopic (exact) mass is 321 g/mol. The Kier molecular flexibility index (Phi) is 4.31. The zero-order chi connectivity index (χ0) is 17.1. The number of carbonyl (C=O) groups excluding carboxylic acids is 1. The first-order chi connectivity index (χ1) is 10.8. The highest BCUT2D eigenvalue weighted by atomic mass is 19.1. The number of hydrogen-bond donors (Lipinski definition) is 2. The Balaban J connectivity index is 2.31. The van der Waals surface area contributed by atoms with E-state index in [-0.39, 0.29) is 11.3 Å². The predicted molar refractivity (Wildman–Crippen MR) is 72.2 cm³/mol. The van der Waals surface area contributed by atoms with Crippen LogP contribution in [-0.4, -0.2) is 21.0 Å². The molecule has 1 heterocycles. The Hall–Kier alpha value is -3.35. The van der Waals surface area contributed by atoms with Gasteiger partial charge in [0.1, 0.15) is 23.4 Å². The number of H-pyrrole nitrogens is 1. The van der Waals surface area contributed by atoms with Gasteiger partial charge in [-0.2, -0.15) is 10.4 Å². The molecule has 1 unspecified atom stereocenters. The van der Waals surface area contributed by atoms with Crippen LogP contribution in [0.4, 0.5) is 14.5 Å². The fourth-order valence-corrected chi connectivity index (χ4v) is 1.92. The third-order valence-electron chi connectivity index (χ3n) is 2.99. The molecule has 2 rings (SSSR count). The number of aromatic amines is 1.